The molecule has 1 aliphatic rings. The molecule has 2 rings (SSSR count). The van der Waals surface area contributed by atoms with Gasteiger partial charge in [0.25, 0.3) is 11.1 Å². The zero-order valence-corrected chi connectivity index (χ0v) is 14.2. The van der Waals surface area contributed by atoms with Crippen molar-refractivity contribution in [3.8, 4) is 0 Å². The van der Waals surface area contributed by atoms with Crippen molar-refractivity contribution in [1.82, 2.24) is 5.01 Å². The van der Waals surface area contributed by atoms with Crippen LogP contribution in [0, 0.1) is 0 Å². The molecule has 1 saturated heterocycles. The van der Waals surface area contributed by atoms with Gasteiger partial charge in [-0.15, -0.1) is 0 Å². The second kappa shape index (κ2) is 7.44. The predicted molar refractivity (Wildman–Crippen MR) is 96.9 cm³/mol. The molecule has 0 bridgehead atoms. The molecule has 1 N–H and O–H groups in total. The van der Waals surface area contributed by atoms with Crippen molar-refractivity contribution in [2.24, 2.45) is 0 Å². The third kappa shape index (κ3) is 4.21. The van der Waals surface area contributed by atoms with E-state index in [1.165, 1.54) is 11.1 Å². The van der Waals surface area contributed by atoms with Crippen molar-refractivity contribution in [3.05, 3.63) is 66.2 Å². The first-order valence-corrected chi connectivity index (χ1v) is 7.79. The maximum absolute atomic E-state index is 12.6. The van der Waals surface area contributed by atoms with Crippen LogP contribution in [0.4, 0.5) is 5.69 Å². The predicted octanol–water partition coefficient (Wildman–Crippen LogP) is 4.17. The number of anilines is 1. The van der Waals surface area contributed by atoms with Gasteiger partial charge in [-0.1, -0.05) is 54.6 Å². The lowest BCUT2D eigenvalue weighted by Gasteiger charge is -2.19. The number of benzene rings is 1. The minimum Gasteiger partial charge on any atom is -0.453 e. The fourth-order valence-corrected chi connectivity index (χ4v) is 2.37. The van der Waals surface area contributed by atoms with E-state index < -0.39 is 5.60 Å². The van der Waals surface area contributed by atoms with Gasteiger partial charge in [0.2, 0.25) is 0 Å². The molecular formula is C17H17ClN2O2S. The van der Waals surface area contributed by atoms with E-state index >= 15 is 0 Å². The third-order valence-electron chi connectivity index (χ3n) is 3.26. The van der Waals surface area contributed by atoms with Gasteiger partial charge in [0, 0.05) is 11.5 Å². The van der Waals surface area contributed by atoms with E-state index in [4.69, 9.17) is 28.6 Å². The number of carbonyl (C=O) groups excluding carboxylic acids is 1. The standard InChI is InChI=1S/C17H17ClN2O2S/c1-3-13(18)9-7-8-12-17(2)15(21)20(16(23)22-17)19-14-10-5-4-6-11-14/h3-11,19H,1,12H2,2H3/b8-7+,13-9+. The molecule has 1 heterocycles. The summed E-state index contributed by atoms with van der Waals surface area (Å²) in [5.74, 6) is -0.241. The highest BCUT2D eigenvalue weighted by Crippen LogP contribution is 2.28. The Morgan fingerprint density at radius 2 is 2.17 bits per heavy atom. The monoisotopic (exact) mass is 348 g/mol. The summed E-state index contributed by atoms with van der Waals surface area (Å²) in [7, 11) is 0. The van der Waals surface area contributed by atoms with Gasteiger partial charge in [0.1, 0.15) is 0 Å². The fraction of sp³-hybridized carbons (Fsp3) is 0.176. The van der Waals surface area contributed by atoms with Crippen LogP contribution in [0.5, 0.6) is 0 Å². The Balaban J connectivity index is 2.06. The molecule has 1 unspecified atom stereocenters. The molecule has 1 fully saturated rings. The number of rotatable bonds is 6. The summed E-state index contributed by atoms with van der Waals surface area (Å²) in [4.78, 5) is 12.6. The van der Waals surface area contributed by atoms with Gasteiger partial charge in [0.15, 0.2) is 5.60 Å². The lowest BCUT2D eigenvalue weighted by Crippen LogP contribution is -2.41. The molecule has 0 radical (unpaired) electrons. The van der Waals surface area contributed by atoms with Crippen LogP contribution in [-0.4, -0.2) is 21.7 Å². The number of hydrogen-bond acceptors (Lipinski definition) is 4. The maximum atomic E-state index is 12.6. The lowest BCUT2D eigenvalue weighted by molar-refractivity contribution is -0.134. The first-order valence-electron chi connectivity index (χ1n) is 7.00. The number of ether oxygens (including phenoxy) is 1. The molecule has 1 aromatic carbocycles. The highest BCUT2D eigenvalue weighted by Gasteiger charge is 2.48. The first-order chi connectivity index (χ1) is 11.0. The topological polar surface area (TPSA) is 41.6 Å². The van der Waals surface area contributed by atoms with Gasteiger partial charge in [-0.2, -0.15) is 5.01 Å². The smallest absolute Gasteiger partial charge is 0.293 e. The number of nitrogens with one attached hydrogen (secondary N) is 1. The lowest BCUT2D eigenvalue weighted by atomic mass is 10.0. The average Bonchev–Trinajstić information content (AvgIpc) is 2.76. The van der Waals surface area contributed by atoms with Crippen LogP contribution in [0.1, 0.15) is 13.3 Å². The van der Waals surface area contributed by atoms with Crippen molar-refractivity contribution in [1.29, 1.82) is 0 Å². The molecule has 6 heteroatoms. The minimum absolute atomic E-state index is 0.106. The van der Waals surface area contributed by atoms with Crippen molar-refractivity contribution in [3.63, 3.8) is 0 Å². The summed E-state index contributed by atoms with van der Waals surface area (Å²) in [6.07, 6.45) is 7.15. The van der Waals surface area contributed by atoms with Crippen LogP contribution >= 0.6 is 23.8 Å². The van der Waals surface area contributed by atoms with Crippen LogP contribution in [0.15, 0.2) is 66.2 Å². The zero-order valence-electron chi connectivity index (χ0n) is 12.7. The Morgan fingerprint density at radius 3 is 2.83 bits per heavy atom. The molecule has 23 heavy (non-hydrogen) atoms. The molecular weight excluding hydrogens is 332 g/mol. The Kier molecular flexibility index (Phi) is 5.58. The first kappa shape index (κ1) is 17.2. The number of hydrogen-bond donors (Lipinski definition) is 1. The number of hydrazine groups is 1. The second-order valence-corrected chi connectivity index (χ2v) is 5.89. The number of thiocarbonyl (C=S) groups is 1. The van der Waals surface area contributed by atoms with Crippen LogP contribution in [0.3, 0.4) is 0 Å². The number of halogens is 1. The van der Waals surface area contributed by atoms with Gasteiger partial charge in [0.05, 0.1) is 5.69 Å². The summed E-state index contributed by atoms with van der Waals surface area (Å²) in [5, 5.41) is 1.88. The Bertz CT molecular complexity index is 672. The van der Waals surface area contributed by atoms with Crippen molar-refractivity contribution >= 4 is 40.6 Å². The van der Waals surface area contributed by atoms with Crippen molar-refractivity contribution in [2.75, 3.05) is 5.43 Å². The molecule has 120 valence electrons. The quantitative estimate of drug-likeness (QED) is 0.618. The average molecular weight is 349 g/mol. The van der Waals surface area contributed by atoms with Crippen molar-refractivity contribution < 1.29 is 9.53 Å². The summed E-state index contributed by atoms with van der Waals surface area (Å²) >= 11 is 11.0. The highest BCUT2D eigenvalue weighted by atomic mass is 35.5. The van der Waals surface area contributed by atoms with Gasteiger partial charge >= 0.3 is 0 Å². The van der Waals surface area contributed by atoms with Crippen molar-refractivity contribution in [2.45, 2.75) is 18.9 Å². The minimum atomic E-state index is -1.04. The Morgan fingerprint density at radius 1 is 1.48 bits per heavy atom. The molecule has 0 spiro atoms. The normalized spacial score (nSPS) is 21.7. The van der Waals surface area contributed by atoms with E-state index in [1.54, 1.807) is 25.2 Å². The summed E-state index contributed by atoms with van der Waals surface area (Å²) in [5.41, 5.74) is 2.68. The van der Waals surface area contributed by atoms with E-state index in [0.717, 1.165) is 5.69 Å². The Hall–Kier alpha value is -2.11. The maximum Gasteiger partial charge on any atom is 0.293 e. The van der Waals surface area contributed by atoms with Gasteiger partial charge in [-0.05, 0) is 37.4 Å². The third-order valence-corrected chi connectivity index (χ3v) is 3.81. The largest absolute Gasteiger partial charge is 0.453 e. The molecule has 1 amide bonds. The van der Waals surface area contributed by atoms with Crippen LogP contribution in [0.25, 0.3) is 0 Å². The van der Waals surface area contributed by atoms with E-state index in [0.29, 0.717) is 11.5 Å². The molecule has 0 aromatic heterocycles. The molecule has 0 saturated carbocycles. The number of carbonyl (C=O) groups is 1. The second-order valence-electron chi connectivity index (χ2n) is 5.11. The van der Waals surface area contributed by atoms with Crippen LogP contribution in [-0.2, 0) is 9.53 Å². The fourth-order valence-electron chi connectivity index (χ4n) is 1.99. The number of amides is 1. The van der Waals surface area contributed by atoms with E-state index in [1.807, 2.05) is 30.3 Å². The zero-order chi connectivity index (χ0) is 16.9. The van der Waals surface area contributed by atoms with Crippen LogP contribution < -0.4 is 5.43 Å². The number of nitrogens with zero attached hydrogens (tertiary/aromatic N) is 1. The molecule has 1 aliphatic heterocycles. The van der Waals surface area contributed by atoms with Gasteiger partial charge in [-0.25, -0.2) is 0 Å². The van der Waals surface area contributed by atoms with Gasteiger partial charge in [-0.3, -0.25) is 10.2 Å². The summed E-state index contributed by atoms with van der Waals surface area (Å²) in [6, 6.07) is 9.30. The highest BCUT2D eigenvalue weighted by molar-refractivity contribution is 7.80. The number of para-hydroxylation sites is 1. The molecule has 1 atom stereocenters. The Labute approximate surface area is 146 Å². The summed E-state index contributed by atoms with van der Waals surface area (Å²) in [6.45, 7) is 5.26. The number of allylic oxidation sites excluding steroid dienone is 4. The molecule has 4 nitrogen and oxygen atoms in total. The molecule has 1 aromatic rings. The van der Waals surface area contributed by atoms with Crippen LogP contribution in [0.2, 0.25) is 0 Å². The van der Waals surface area contributed by atoms with E-state index in [2.05, 4.69) is 12.0 Å². The van der Waals surface area contributed by atoms with E-state index in [9.17, 15) is 4.79 Å². The van der Waals surface area contributed by atoms with Gasteiger partial charge < -0.3 is 4.74 Å². The van der Waals surface area contributed by atoms with E-state index in [-0.39, 0.29) is 11.1 Å². The summed E-state index contributed by atoms with van der Waals surface area (Å²) < 4.78 is 5.60. The SMILES string of the molecule is C=C/C(Cl)=C\C=C\CC1(C)OC(=S)N(Nc2ccccc2)C1=O. The molecule has 0 aliphatic carbocycles.